The van der Waals surface area contributed by atoms with Gasteiger partial charge in [-0.2, -0.15) is 0 Å². The lowest BCUT2D eigenvalue weighted by molar-refractivity contribution is -0.110. The summed E-state index contributed by atoms with van der Waals surface area (Å²) in [5.41, 5.74) is 9.94. The maximum absolute atomic E-state index is 12.6. The minimum absolute atomic E-state index is 0.0346. The van der Waals surface area contributed by atoms with Crippen LogP contribution in [0.2, 0.25) is 0 Å². The number of hydrogen-bond acceptors (Lipinski definition) is 1. The van der Waals surface area contributed by atoms with Crippen molar-refractivity contribution < 1.29 is 4.79 Å². The van der Waals surface area contributed by atoms with Crippen molar-refractivity contribution in [1.29, 1.82) is 0 Å². The quantitative estimate of drug-likeness (QED) is 0.298. The van der Waals surface area contributed by atoms with Crippen molar-refractivity contribution in [1.82, 2.24) is 0 Å². The number of allylic oxidation sites excluding steroid dienone is 8. The van der Waals surface area contributed by atoms with Gasteiger partial charge in [0.25, 0.3) is 0 Å². The Bertz CT molecular complexity index is 1450. The van der Waals surface area contributed by atoms with E-state index in [0.29, 0.717) is 0 Å². The van der Waals surface area contributed by atoms with E-state index in [2.05, 4.69) is 134 Å². The monoisotopic (exact) mass is 462 g/mol. The molecule has 0 aliphatic heterocycles. The fraction of sp³-hybridized carbons (Fsp3) is 0.0571. The highest BCUT2D eigenvalue weighted by molar-refractivity contribution is 6.31. The van der Waals surface area contributed by atoms with Gasteiger partial charge in [-0.25, -0.2) is 0 Å². The lowest BCUT2D eigenvalue weighted by Crippen LogP contribution is -2.25. The SMILES string of the molecule is CC1=CC(=O)C=CC12C(c1ccccc1)=C(c1ccccc1)C(c1ccccc1)=C2c1ccccc1. The first-order valence-electron chi connectivity index (χ1n) is 12.3. The van der Waals surface area contributed by atoms with Crippen LogP contribution >= 0.6 is 0 Å². The zero-order valence-corrected chi connectivity index (χ0v) is 20.2. The van der Waals surface area contributed by atoms with E-state index in [-0.39, 0.29) is 5.78 Å². The second-order valence-electron chi connectivity index (χ2n) is 9.34. The van der Waals surface area contributed by atoms with E-state index in [1.54, 1.807) is 6.08 Å². The minimum atomic E-state index is -0.576. The normalized spacial score (nSPS) is 16.6. The van der Waals surface area contributed by atoms with Crippen molar-refractivity contribution in [3.63, 3.8) is 0 Å². The van der Waals surface area contributed by atoms with Gasteiger partial charge in [0, 0.05) is 0 Å². The van der Waals surface area contributed by atoms with Crippen LogP contribution in [0.15, 0.2) is 145 Å². The molecule has 36 heavy (non-hydrogen) atoms. The van der Waals surface area contributed by atoms with Gasteiger partial charge < -0.3 is 0 Å². The summed E-state index contributed by atoms with van der Waals surface area (Å²) < 4.78 is 0. The van der Waals surface area contributed by atoms with E-state index in [1.165, 1.54) is 33.4 Å². The molecule has 0 unspecified atom stereocenters. The molecule has 6 rings (SSSR count). The fourth-order valence-corrected chi connectivity index (χ4v) is 5.78. The molecule has 0 aromatic heterocycles. The Kier molecular flexibility index (Phi) is 5.47. The summed E-state index contributed by atoms with van der Waals surface area (Å²) in [6, 6.07) is 42.5. The van der Waals surface area contributed by atoms with Crippen LogP contribution in [0.4, 0.5) is 0 Å². The summed E-state index contributed by atoms with van der Waals surface area (Å²) >= 11 is 0. The predicted molar refractivity (Wildman–Crippen MR) is 150 cm³/mol. The van der Waals surface area contributed by atoms with Crippen molar-refractivity contribution in [3.05, 3.63) is 167 Å². The van der Waals surface area contributed by atoms with Gasteiger partial charge in [0.2, 0.25) is 0 Å². The van der Waals surface area contributed by atoms with Gasteiger partial charge in [-0.05, 0) is 63.6 Å². The van der Waals surface area contributed by atoms with Crippen LogP contribution in [0.5, 0.6) is 0 Å². The van der Waals surface area contributed by atoms with E-state index >= 15 is 0 Å². The predicted octanol–water partition coefficient (Wildman–Crippen LogP) is 8.29. The average Bonchev–Trinajstić information content (AvgIpc) is 3.25. The smallest absolute Gasteiger partial charge is 0.178 e. The molecule has 2 aliphatic rings. The molecular formula is C35H26O. The Balaban J connectivity index is 1.84. The number of ketones is 1. The molecule has 172 valence electrons. The van der Waals surface area contributed by atoms with Crippen LogP contribution in [-0.2, 0) is 4.79 Å². The van der Waals surface area contributed by atoms with Crippen LogP contribution in [0.1, 0.15) is 29.2 Å². The van der Waals surface area contributed by atoms with E-state index in [9.17, 15) is 4.79 Å². The number of benzene rings is 4. The van der Waals surface area contributed by atoms with Crippen LogP contribution in [-0.4, -0.2) is 5.78 Å². The number of hydrogen-bond donors (Lipinski definition) is 0. The third-order valence-corrected chi connectivity index (χ3v) is 7.27. The molecule has 0 N–H and O–H groups in total. The highest BCUT2D eigenvalue weighted by Gasteiger charge is 2.49. The lowest BCUT2D eigenvalue weighted by atomic mass is 9.65. The minimum Gasteiger partial charge on any atom is -0.290 e. The molecule has 0 saturated heterocycles. The second-order valence-corrected chi connectivity index (χ2v) is 9.34. The standard InChI is InChI=1S/C35H26O/c1-25-24-30(36)22-23-35(25)33(28-18-10-4-11-19-28)31(26-14-6-2-7-15-26)32(27-16-8-3-9-17-27)34(35)29-20-12-5-13-21-29/h2-24H,1H3. The van der Waals surface area contributed by atoms with E-state index < -0.39 is 5.41 Å². The van der Waals surface area contributed by atoms with E-state index in [0.717, 1.165) is 16.7 Å². The Morgan fingerprint density at radius 2 is 0.861 bits per heavy atom. The van der Waals surface area contributed by atoms with E-state index in [1.807, 2.05) is 6.08 Å². The molecule has 0 radical (unpaired) electrons. The third kappa shape index (κ3) is 3.44. The van der Waals surface area contributed by atoms with Gasteiger partial charge in [-0.15, -0.1) is 0 Å². The first-order chi connectivity index (χ1) is 17.7. The van der Waals surface area contributed by atoms with E-state index in [4.69, 9.17) is 0 Å². The molecule has 1 nitrogen and oxygen atoms in total. The van der Waals surface area contributed by atoms with Crippen molar-refractivity contribution in [2.45, 2.75) is 6.92 Å². The summed E-state index contributed by atoms with van der Waals surface area (Å²) in [4.78, 5) is 12.6. The molecule has 4 aromatic carbocycles. The van der Waals surface area contributed by atoms with Crippen LogP contribution in [0.25, 0.3) is 22.3 Å². The first kappa shape index (κ1) is 22.0. The number of carbonyl (C=O) groups is 1. The molecule has 4 aromatic rings. The summed E-state index contributed by atoms with van der Waals surface area (Å²) in [5, 5.41) is 0. The van der Waals surface area contributed by atoms with Gasteiger partial charge in [0.1, 0.15) is 0 Å². The molecule has 0 fully saturated rings. The first-order valence-corrected chi connectivity index (χ1v) is 12.3. The number of carbonyl (C=O) groups excluding carboxylic acids is 1. The van der Waals surface area contributed by atoms with Crippen molar-refractivity contribution in [2.24, 2.45) is 5.41 Å². The average molecular weight is 463 g/mol. The Labute approximate surface area is 212 Å². The maximum Gasteiger partial charge on any atom is 0.178 e. The zero-order chi connectivity index (χ0) is 24.5. The Morgan fingerprint density at radius 3 is 1.22 bits per heavy atom. The molecule has 0 bridgehead atoms. The third-order valence-electron chi connectivity index (χ3n) is 7.27. The zero-order valence-electron chi connectivity index (χ0n) is 20.2. The Morgan fingerprint density at radius 1 is 0.500 bits per heavy atom. The molecule has 0 amide bonds. The van der Waals surface area contributed by atoms with Gasteiger partial charge in [-0.3, -0.25) is 4.79 Å². The molecular weight excluding hydrogens is 436 g/mol. The Hall–Kier alpha value is -4.49. The summed E-state index contributed by atoms with van der Waals surface area (Å²) in [7, 11) is 0. The second kappa shape index (κ2) is 8.94. The largest absolute Gasteiger partial charge is 0.290 e. The highest BCUT2D eigenvalue weighted by atomic mass is 16.1. The van der Waals surface area contributed by atoms with Crippen LogP contribution < -0.4 is 0 Å². The topological polar surface area (TPSA) is 17.1 Å². The van der Waals surface area contributed by atoms with Crippen LogP contribution in [0, 0.1) is 5.41 Å². The van der Waals surface area contributed by atoms with Crippen molar-refractivity contribution in [2.75, 3.05) is 0 Å². The molecule has 0 atom stereocenters. The molecule has 0 saturated carbocycles. The van der Waals surface area contributed by atoms with Gasteiger partial charge in [0.05, 0.1) is 5.41 Å². The molecule has 1 heteroatoms. The van der Waals surface area contributed by atoms with Crippen molar-refractivity contribution in [3.8, 4) is 0 Å². The summed E-state index contributed by atoms with van der Waals surface area (Å²) in [5.74, 6) is 0.0346. The molecule has 2 aliphatic carbocycles. The van der Waals surface area contributed by atoms with Gasteiger partial charge in [-0.1, -0.05) is 133 Å². The summed E-state index contributed by atoms with van der Waals surface area (Å²) in [6.45, 7) is 2.10. The van der Waals surface area contributed by atoms with Gasteiger partial charge in [0.15, 0.2) is 5.78 Å². The summed E-state index contributed by atoms with van der Waals surface area (Å²) in [6.07, 6.45) is 5.69. The molecule has 0 heterocycles. The van der Waals surface area contributed by atoms with Crippen molar-refractivity contribution >= 4 is 28.1 Å². The highest BCUT2D eigenvalue weighted by Crippen LogP contribution is 2.65. The number of rotatable bonds is 4. The van der Waals surface area contributed by atoms with Crippen LogP contribution in [0.3, 0.4) is 0 Å². The maximum atomic E-state index is 12.6. The lowest BCUT2D eigenvalue weighted by Gasteiger charge is -2.37. The fourth-order valence-electron chi connectivity index (χ4n) is 5.78. The van der Waals surface area contributed by atoms with Gasteiger partial charge >= 0.3 is 0 Å². The molecule has 1 spiro atoms.